The van der Waals surface area contributed by atoms with E-state index in [0.717, 1.165) is 6.61 Å². The second-order valence-electron chi connectivity index (χ2n) is 3.43. The van der Waals surface area contributed by atoms with Crippen molar-refractivity contribution in [3.63, 3.8) is 0 Å². The van der Waals surface area contributed by atoms with Gasteiger partial charge in [-0.05, 0) is 20.3 Å². The molecule has 0 aromatic heterocycles. The lowest BCUT2D eigenvalue weighted by atomic mass is 10.4. The fourth-order valence-corrected chi connectivity index (χ4v) is 0.686. The van der Waals surface area contributed by atoms with Gasteiger partial charge in [-0.1, -0.05) is 6.92 Å². The second-order valence-corrected chi connectivity index (χ2v) is 3.43. The van der Waals surface area contributed by atoms with Crippen molar-refractivity contribution < 1.29 is 19.4 Å². The molecule has 4 heteroatoms. The van der Waals surface area contributed by atoms with Crippen LogP contribution in [0.15, 0.2) is 0 Å². The fourth-order valence-electron chi connectivity index (χ4n) is 0.686. The summed E-state index contributed by atoms with van der Waals surface area (Å²) >= 11 is 0. The SMILES string of the molecule is CC(C)OCCC(=O)O.CCC1CO1. The minimum atomic E-state index is -0.810. The minimum Gasteiger partial charge on any atom is -0.481 e. The van der Waals surface area contributed by atoms with Crippen LogP contribution in [-0.2, 0) is 14.3 Å². The monoisotopic (exact) mass is 204 g/mol. The van der Waals surface area contributed by atoms with Gasteiger partial charge in [0.25, 0.3) is 0 Å². The maximum absolute atomic E-state index is 9.90. The first kappa shape index (κ1) is 13.4. The number of ether oxygens (including phenoxy) is 2. The number of epoxide rings is 1. The van der Waals surface area contributed by atoms with Gasteiger partial charge in [-0.2, -0.15) is 0 Å². The van der Waals surface area contributed by atoms with Crippen LogP contribution in [-0.4, -0.2) is 36.5 Å². The highest BCUT2D eigenvalue weighted by Crippen LogP contribution is 2.10. The predicted molar refractivity (Wildman–Crippen MR) is 53.4 cm³/mol. The summed E-state index contributed by atoms with van der Waals surface area (Å²) in [6.07, 6.45) is 2.05. The molecular formula is C10H20O4. The molecule has 1 heterocycles. The largest absolute Gasteiger partial charge is 0.481 e. The van der Waals surface area contributed by atoms with Crippen molar-refractivity contribution in [3.05, 3.63) is 0 Å². The van der Waals surface area contributed by atoms with Gasteiger partial charge < -0.3 is 14.6 Å². The predicted octanol–water partition coefficient (Wildman–Crippen LogP) is 1.68. The summed E-state index contributed by atoms with van der Waals surface area (Å²) in [6, 6.07) is 0. The highest BCUT2D eigenvalue weighted by atomic mass is 16.6. The molecule has 0 saturated carbocycles. The molecule has 1 aliphatic rings. The molecule has 4 nitrogen and oxygen atoms in total. The van der Waals surface area contributed by atoms with Gasteiger partial charge in [0.2, 0.25) is 0 Å². The maximum Gasteiger partial charge on any atom is 0.305 e. The highest BCUT2D eigenvalue weighted by Gasteiger charge is 2.18. The smallest absolute Gasteiger partial charge is 0.305 e. The molecule has 0 bridgehead atoms. The third kappa shape index (κ3) is 11.4. The van der Waals surface area contributed by atoms with Crippen LogP contribution in [0.25, 0.3) is 0 Å². The molecule has 1 saturated heterocycles. The van der Waals surface area contributed by atoms with E-state index in [9.17, 15) is 4.79 Å². The Morgan fingerprint density at radius 2 is 2.21 bits per heavy atom. The van der Waals surface area contributed by atoms with Gasteiger partial charge in [0.05, 0.1) is 31.8 Å². The first-order valence-electron chi connectivity index (χ1n) is 5.01. The number of carbonyl (C=O) groups is 1. The number of rotatable bonds is 5. The second kappa shape index (κ2) is 7.76. The van der Waals surface area contributed by atoms with Crippen molar-refractivity contribution >= 4 is 5.97 Å². The van der Waals surface area contributed by atoms with E-state index in [4.69, 9.17) is 14.6 Å². The molecule has 1 aliphatic heterocycles. The van der Waals surface area contributed by atoms with E-state index in [1.165, 1.54) is 6.42 Å². The summed E-state index contributed by atoms with van der Waals surface area (Å²) in [4.78, 5) is 9.90. The first-order chi connectivity index (χ1) is 6.56. The van der Waals surface area contributed by atoms with E-state index in [1.54, 1.807) is 0 Å². The van der Waals surface area contributed by atoms with Gasteiger partial charge in [0.1, 0.15) is 0 Å². The zero-order chi connectivity index (χ0) is 11.0. The van der Waals surface area contributed by atoms with Crippen molar-refractivity contribution in [2.75, 3.05) is 13.2 Å². The van der Waals surface area contributed by atoms with E-state index in [-0.39, 0.29) is 12.5 Å². The Morgan fingerprint density at radius 1 is 1.64 bits per heavy atom. The van der Waals surface area contributed by atoms with E-state index in [1.807, 2.05) is 13.8 Å². The normalized spacial score (nSPS) is 18.7. The van der Waals surface area contributed by atoms with Gasteiger partial charge >= 0.3 is 5.97 Å². The Labute approximate surface area is 85.2 Å². The zero-order valence-corrected chi connectivity index (χ0v) is 9.16. The summed E-state index contributed by atoms with van der Waals surface area (Å²) in [6.45, 7) is 7.21. The molecule has 1 unspecified atom stereocenters. The lowest BCUT2D eigenvalue weighted by molar-refractivity contribution is -0.138. The molecular weight excluding hydrogens is 184 g/mol. The van der Waals surface area contributed by atoms with Gasteiger partial charge in [0, 0.05) is 0 Å². The van der Waals surface area contributed by atoms with Gasteiger partial charge in [0.15, 0.2) is 0 Å². The number of hydrogen-bond donors (Lipinski definition) is 1. The van der Waals surface area contributed by atoms with Gasteiger partial charge in [-0.15, -0.1) is 0 Å². The Morgan fingerprint density at radius 3 is 2.43 bits per heavy atom. The van der Waals surface area contributed by atoms with Crippen LogP contribution in [0.4, 0.5) is 0 Å². The van der Waals surface area contributed by atoms with Crippen molar-refractivity contribution in [1.29, 1.82) is 0 Å². The maximum atomic E-state index is 9.90. The third-order valence-electron chi connectivity index (χ3n) is 1.62. The molecule has 0 amide bonds. The van der Waals surface area contributed by atoms with Crippen LogP contribution >= 0.6 is 0 Å². The van der Waals surface area contributed by atoms with Crippen LogP contribution in [0, 0.1) is 0 Å². The Bertz CT molecular complexity index is 152. The zero-order valence-electron chi connectivity index (χ0n) is 9.16. The van der Waals surface area contributed by atoms with Gasteiger partial charge in [-0.25, -0.2) is 0 Å². The van der Waals surface area contributed by atoms with Crippen LogP contribution in [0.3, 0.4) is 0 Å². The summed E-state index contributed by atoms with van der Waals surface area (Å²) < 4.78 is 9.83. The Kier molecular flexibility index (Phi) is 7.42. The van der Waals surface area contributed by atoms with Crippen LogP contribution < -0.4 is 0 Å². The first-order valence-corrected chi connectivity index (χ1v) is 5.01. The van der Waals surface area contributed by atoms with E-state index in [0.29, 0.717) is 12.7 Å². The van der Waals surface area contributed by atoms with E-state index in [2.05, 4.69) is 6.92 Å². The van der Waals surface area contributed by atoms with Crippen LogP contribution in [0.5, 0.6) is 0 Å². The number of hydrogen-bond acceptors (Lipinski definition) is 3. The molecule has 1 N–H and O–H groups in total. The molecule has 1 atom stereocenters. The number of carboxylic acids is 1. The van der Waals surface area contributed by atoms with Crippen molar-refractivity contribution in [3.8, 4) is 0 Å². The fraction of sp³-hybridized carbons (Fsp3) is 0.900. The summed E-state index contributed by atoms with van der Waals surface area (Å²) in [5.74, 6) is -0.810. The highest BCUT2D eigenvalue weighted by molar-refractivity contribution is 5.66. The molecule has 1 rings (SSSR count). The van der Waals surface area contributed by atoms with E-state index >= 15 is 0 Å². The van der Waals surface area contributed by atoms with Gasteiger partial charge in [-0.3, -0.25) is 4.79 Å². The van der Waals surface area contributed by atoms with Crippen LogP contribution in [0.1, 0.15) is 33.6 Å². The van der Waals surface area contributed by atoms with Crippen molar-refractivity contribution in [2.45, 2.75) is 45.8 Å². The Balaban J connectivity index is 0.000000280. The lowest BCUT2D eigenvalue weighted by Crippen LogP contribution is -2.07. The molecule has 14 heavy (non-hydrogen) atoms. The number of aliphatic carboxylic acids is 1. The Hall–Kier alpha value is -0.610. The average molecular weight is 204 g/mol. The van der Waals surface area contributed by atoms with E-state index < -0.39 is 5.97 Å². The standard InChI is InChI=1S/C6H12O3.C4H8O/c1-5(2)9-4-3-6(7)8;1-2-4-3-5-4/h5H,3-4H2,1-2H3,(H,7,8);4H,2-3H2,1H3. The van der Waals surface area contributed by atoms with Crippen molar-refractivity contribution in [2.24, 2.45) is 0 Å². The quantitative estimate of drug-likeness (QED) is 0.692. The third-order valence-corrected chi connectivity index (χ3v) is 1.62. The summed E-state index contributed by atoms with van der Waals surface area (Å²) in [5.41, 5.74) is 0. The summed E-state index contributed by atoms with van der Waals surface area (Å²) in [5, 5.41) is 8.15. The lowest BCUT2D eigenvalue weighted by Gasteiger charge is -2.03. The average Bonchev–Trinajstić information content (AvgIpc) is 2.86. The minimum absolute atomic E-state index is 0.0954. The molecule has 0 aromatic carbocycles. The molecule has 0 spiro atoms. The molecule has 0 aromatic rings. The van der Waals surface area contributed by atoms with Crippen molar-refractivity contribution in [1.82, 2.24) is 0 Å². The topological polar surface area (TPSA) is 59.1 Å². The number of carboxylic acid groups (broad SMARTS) is 1. The molecule has 0 radical (unpaired) electrons. The molecule has 84 valence electrons. The van der Waals surface area contributed by atoms with Crippen LogP contribution in [0.2, 0.25) is 0 Å². The summed E-state index contributed by atoms with van der Waals surface area (Å²) in [7, 11) is 0. The molecule has 1 fully saturated rings. The molecule has 0 aliphatic carbocycles.